The predicted molar refractivity (Wildman–Crippen MR) is 126 cm³/mol. The summed E-state index contributed by atoms with van der Waals surface area (Å²) in [5, 5.41) is 5.78. The Morgan fingerprint density at radius 2 is 2.00 bits per heavy atom. The number of amides is 3. The Bertz CT molecular complexity index is 873. The van der Waals surface area contributed by atoms with Gasteiger partial charge in [-0.2, -0.15) is 0 Å². The smallest absolute Gasteiger partial charge is 0.319 e. The highest BCUT2D eigenvalue weighted by Gasteiger charge is 2.23. The van der Waals surface area contributed by atoms with Gasteiger partial charge < -0.3 is 20.3 Å². The second-order valence-corrected chi connectivity index (χ2v) is 8.87. The monoisotopic (exact) mass is 487 g/mol. The minimum absolute atomic E-state index is 0.159. The van der Waals surface area contributed by atoms with Crippen LogP contribution in [0.15, 0.2) is 53.0 Å². The molecule has 1 fully saturated rings. The fourth-order valence-electron chi connectivity index (χ4n) is 3.64. The first-order valence-electron chi connectivity index (χ1n) is 10.8. The SMILES string of the molecule is Cc1ccc(NC(=O)NCC2CCCN(C(=O)CCCOc3cccc(Br)c3)C2)cc1. The van der Waals surface area contributed by atoms with E-state index in [4.69, 9.17) is 4.74 Å². The van der Waals surface area contributed by atoms with Crippen LogP contribution in [-0.4, -0.2) is 43.1 Å². The lowest BCUT2D eigenvalue weighted by Crippen LogP contribution is -2.44. The summed E-state index contributed by atoms with van der Waals surface area (Å²) in [4.78, 5) is 26.7. The number of anilines is 1. The number of likely N-dealkylation sites (tertiary alicyclic amines) is 1. The van der Waals surface area contributed by atoms with Crippen LogP contribution in [0.1, 0.15) is 31.2 Å². The van der Waals surface area contributed by atoms with Crippen molar-refractivity contribution in [3.63, 3.8) is 0 Å². The molecule has 2 aromatic carbocycles. The number of rotatable bonds is 8. The van der Waals surface area contributed by atoms with Crippen molar-refractivity contribution in [2.24, 2.45) is 5.92 Å². The fourth-order valence-corrected chi connectivity index (χ4v) is 4.01. The molecule has 1 atom stereocenters. The Morgan fingerprint density at radius 3 is 2.77 bits per heavy atom. The molecule has 6 nitrogen and oxygen atoms in total. The molecular formula is C24H30BrN3O3. The second-order valence-electron chi connectivity index (χ2n) is 7.96. The number of nitrogens with one attached hydrogen (secondary N) is 2. The Balaban J connectivity index is 1.34. The summed E-state index contributed by atoms with van der Waals surface area (Å²) < 4.78 is 6.68. The van der Waals surface area contributed by atoms with Gasteiger partial charge in [-0.05, 0) is 62.4 Å². The van der Waals surface area contributed by atoms with E-state index in [1.807, 2.05) is 60.4 Å². The van der Waals surface area contributed by atoms with Crippen molar-refractivity contribution in [3.8, 4) is 5.75 Å². The number of ether oxygens (including phenoxy) is 1. The highest BCUT2D eigenvalue weighted by Crippen LogP contribution is 2.19. The number of nitrogens with zero attached hydrogens (tertiary/aromatic N) is 1. The van der Waals surface area contributed by atoms with Gasteiger partial charge in [-0.15, -0.1) is 0 Å². The molecule has 1 saturated heterocycles. The standard InChI is InChI=1S/C24H30BrN3O3/c1-18-9-11-21(12-10-18)27-24(30)26-16-19-5-3-13-28(17-19)23(29)8-4-14-31-22-7-2-6-20(25)15-22/h2,6-7,9-12,15,19H,3-5,8,13-14,16-17H2,1H3,(H2,26,27,30). The summed E-state index contributed by atoms with van der Waals surface area (Å²) in [6.07, 6.45) is 3.14. The number of hydrogen-bond donors (Lipinski definition) is 2. The largest absolute Gasteiger partial charge is 0.494 e. The molecule has 0 spiro atoms. The molecular weight excluding hydrogens is 458 g/mol. The quantitative estimate of drug-likeness (QED) is 0.515. The zero-order chi connectivity index (χ0) is 22.1. The number of benzene rings is 2. The zero-order valence-electron chi connectivity index (χ0n) is 17.9. The predicted octanol–water partition coefficient (Wildman–Crippen LogP) is 4.98. The Morgan fingerprint density at radius 1 is 1.19 bits per heavy atom. The van der Waals surface area contributed by atoms with E-state index in [0.29, 0.717) is 32.5 Å². The van der Waals surface area contributed by atoms with Gasteiger partial charge >= 0.3 is 6.03 Å². The molecule has 0 aromatic heterocycles. The minimum Gasteiger partial charge on any atom is -0.494 e. The van der Waals surface area contributed by atoms with Gasteiger partial charge in [0.1, 0.15) is 5.75 Å². The Labute approximate surface area is 192 Å². The van der Waals surface area contributed by atoms with E-state index in [1.165, 1.54) is 0 Å². The summed E-state index contributed by atoms with van der Waals surface area (Å²) in [5.41, 5.74) is 1.92. The number of aryl methyl sites for hydroxylation is 1. The van der Waals surface area contributed by atoms with Crippen molar-refractivity contribution in [1.29, 1.82) is 0 Å². The molecule has 1 aliphatic rings. The van der Waals surface area contributed by atoms with Gasteiger partial charge in [0, 0.05) is 36.2 Å². The molecule has 3 rings (SSSR count). The first-order valence-corrected chi connectivity index (χ1v) is 11.6. The van der Waals surface area contributed by atoms with E-state index in [2.05, 4.69) is 26.6 Å². The van der Waals surface area contributed by atoms with Crippen LogP contribution < -0.4 is 15.4 Å². The molecule has 0 aliphatic carbocycles. The summed E-state index contributed by atoms with van der Waals surface area (Å²) in [5.74, 6) is 1.24. The van der Waals surface area contributed by atoms with Gasteiger partial charge in [0.2, 0.25) is 5.91 Å². The van der Waals surface area contributed by atoms with Crippen molar-refractivity contribution in [2.45, 2.75) is 32.6 Å². The first-order chi connectivity index (χ1) is 15.0. The molecule has 2 aromatic rings. The maximum atomic E-state index is 12.6. The summed E-state index contributed by atoms with van der Waals surface area (Å²) in [6, 6.07) is 15.2. The molecule has 0 radical (unpaired) electrons. The molecule has 2 N–H and O–H groups in total. The van der Waals surface area contributed by atoms with Crippen molar-refractivity contribution >= 4 is 33.6 Å². The topological polar surface area (TPSA) is 70.7 Å². The third-order valence-corrected chi connectivity index (χ3v) is 5.83. The second kappa shape index (κ2) is 11.7. The van der Waals surface area contributed by atoms with E-state index in [1.54, 1.807) is 0 Å². The summed E-state index contributed by atoms with van der Waals surface area (Å²) in [6.45, 7) is 4.57. The molecule has 1 unspecified atom stereocenters. The van der Waals surface area contributed by atoms with E-state index in [0.717, 1.165) is 40.9 Å². The highest BCUT2D eigenvalue weighted by molar-refractivity contribution is 9.10. The van der Waals surface area contributed by atoms with E-state index < -0.39 is 0 Å². The third kappa shape index (κ3) is 7.90. The van der Waals surface area contributed by atoms with E-state index >= 15 is 0 Å². The normalized spacial score (nSPS) is 15.9. The van der Waals surface area contributed by atoms with Gasteiger partial charge in [-0.25, -0.2) is 4.79 Å². The first kappa shape index (κ1) is 23.1. The fraction of sp³-hybridized carbons (Fsp3) is 0.417. The maximum Gasteiger partial charge on any atom is 0.319 e. The Kier molecular flexibility index (Phi) is 8.76. The molecule has 166 valence electrons. The highest BCUT2D eigenvalue weighted by atomic mass is 79.9. The van der Waals surface area contributed by atoms with Crippen LogP contribution in [-0.2, 0) is 4.79 Å². The number of carbonyl (C=O) groups excluding carboxylic acids is 2. The minimum atomic E-state index is -0.211. The van der Waals surface area contributed by atoms with Crippen LogP contribution in [0.5, 0.6) is 5.75 Å². The molecule has 1 heterocycles. The molecule has 0 saturated carbocycles. The van der Waals surface area contributed by atoms with Crippen LogP contribution >= 0.6 is 15.9 Å². The number of piperidine rings is 1. The van der Waals surface area contributed by atoms with Gasteiger partial charge in [-0.3, -0.25) is 4.79 Å². The van der Waals surface area contributed by atoms with Crippen molar-refractivity contribution in [1.82, 2.24) is 10.2 Å². The van der Waals surface area contributed by atoms with Crippen LogP contribution in [0.3, 0.4) is 0 Å². The van der Waals surface area contributed by atoms with Crippen LogP contribution in [0.2, 0.25) is 0 Å². The summed E-state index contributed by atoms with van der Waals surface area (Å²) in [7, 11) is 0. The van der Waals surface area contributed by atoms with Crippen LogP contribution in [0.25, 0.3) is 0 Å². The number of halogens is 1. The van der Waals surface area contributed by atoms with Gasteiger partial charge in [-0.1, -0.05) is 39.7 Å². The number of urea groups is 1. The maximum absolute atomic E-state index is 12.6. The molecule has 1 aliphatic heterocycles. The number of hydrogen-bond acceptors (Lipinski definition) is 3. The van der Waals surface area contributed by atoms with Crippen molar-refractivity contribution in [2.75, 3.05) is 31.6 Å². The van der Waals surface area contributed by atoms with Crippen molar-refractivity contribution in [3.05, 3.63) is 58.6 Å². The zero-order valence-corrected chi connectivity index (χ0v) is 19.5. The third-order valence-electron chi connectivity index (χ3n) is 5.33. The van der Waals surface area contributed by atoms with Crippen LogP contribution in [0.4, 0.5) is 10.5 Å². The lowest BCUT2D eigenvalue weighted by atomic mass is 9.97. The lowest BCUT2D eigenvalue weighted by Gasteiger charge is -2.33. The molecule has 7 heteroatoms. The Hall–Kier alpha value is -2.54. The van der Waals surface area contributed by atoms with Gasteiger partial charge in [0.25, 0.3) is 0 Å². The van der Waals surface area contributed by atoms with Crippen LogP contribution in [0, 0.1) is 12.8 Å². The lowest BCUT2D eigenvalue weighted by molar-refractivity contribution is -0.133. The molecule has 3 amide bonds. The summed E-state index contributed by atoms with van der Waals surface area (Å²) >= 11 is 3.42. The van der Waals surface area contributed by atoms with Gasteiger partial charge in [0.15, 0.2) is 0 Å². The van der Waals surface area contributed by atoms with Crippen molar-refractivity contribution < 1.29 is 14.3 Å². The average Bonchev–Trinajstić information content (AvgIpc) is 2.77. The average molecular weight is 488 g/mol. The molecule has 31 heavy (non-hydrogen) atoms. The number of carbonyl (C=O) groups is 2. The van der Waals surface area contributed by atoms with E-state index in [9.17, 15) is 9.59 Å². The van der Waals surface area contributed by atoms with E-state index in [-0.39, 0.29) is 17.9 Å². The molecule has 0 bridgehead atoms. The van der Waals surface area contributed by atoms with Gasteiger partial charge in [0.05, 0.1) is 6.61 Å².